The summed E-state index contributed by atoms with van der Waals surface area (Å²) < 4.78 is 33.0. The van der Waals surface area contributed by atoms with Gasteiger partial charge in [0.1, 0.15) is 6.61 Å². The minimum absolute atomic E-state index is 0.0518. The fraction of sp³-hybridized carbons (Fsp3) is 0.821. The molecular formula is C56H104NO8P. The number of carbonyl (C=O) groups is 2. The minimum Gasteiger partial charge on any atom is -0.462 e. The van der Waals surface area contributed by atoms with Gasteiger partial charge >= 0.3 is 19.8 Å². The highest BCUT2D eigenvalue weighted by atomic mass is 31.2. The molecule has 0 bridgehead atoms. The van der Waals surface area contributed by atoms with Crippen molar-refractivity contribution in [2.75, 3.05) is 26.4 Å². The summed E-state index contributed by atoms with van der Waals surface area (Å²) >= 11 is 0. The van der Waals surface area contributed by atoms with Crippen LogP contribution < -0.4 is 5.73 Å². The standard InChI is InChI=1S/C56H104NO8P/c1-3-5-7-9-11-13-15-17-19-21-23-25-26-27-29-30-32-34-36-38-40-42-44-46-48-55(58)62-52-54(53-64-66(60,61)63-51-50-57)65-56(59)49-47-45-43-41-39-37-35-33-31-28-24-22-20-18-16-14-12-10-8-6-4-2/h6,8,12,14,18,20,24,28,54H,3-5,7,9-11,13,15-17,19,21-23,25-27,29-53,57H2,1-2H3,(H,60,61)/b8-6-,14-12-,20-18-,28-24-. The Labute approximate surface area is 407 Å². The molecule has 10 heteroatoms. The van der Waals surface area contributed by atoms with Crippen molar-refractivity contribution in [2.45, 2.75) is 270 Å². The predicted octanol–water partition coefficient (Wildman–Crippen LogP) is 17.0. The Morgan fingerprint density at radius 1 is 0.470 bits per heavy atom. The summed E-state index contributed by atoms with van der Waals surface area (Å²) in [6.45, 7) is 3.66. The fourth-order valence-electron chi connectivity index (χ4n) is 7.92. The molecule has 0 aliphatic heterocycles. The van der Waals surface area contributed by atoms with E-state index in [0.717, 1.165) is 70.6 Å². The van der Waals surface area contributed by atoms with Crippen LogP contribution in [0.5, 0.6) is 0 Å². The van der Waals surface area contributed by atoms with Crippen molar-refractivity contribution in [3.63, 3.8) is 0 Å². The van der Waals surface area contributed by atoms with E-state index in [-0.39, 0.29) is 38.6 Å². The van der Waals surface area contributed by atoms with E-state index in [1.165, 1.54) is 161 Å². The zero-order valence-electron chi connectivity index (χ0n) is 42.9. The first-order valence-electron chi connectivity index (χ1n) is 27.6. The molecule has 0 rings (SSSR count). The van der Waals surface area contributed by atoms with Crippen LogP contribution in [-0.4, -0.2) is 49.3 Å². The number of rotatable bonds is 52. The molecule has 0 amide bonds. The number of allylic oxidation sites excluding steroid dienone is 8. The quantitative estimate of drug-likeness (QED) is 0.0264. The Kier molecular flexibility index (Phi) is 50.7. The molecule has 2 unspecified atom stereocenters. The lowest BCUT2D eigenvalue weighted by atomic mass is 10.0. The smallest absolute Gasteiger partial charge is 0.462 e. The SMILES string of the molecule is CC/C=C\C/C=C\C/C=C\C/C=C\CCCCCCCCCCC(=O)OC(COC(=O)CCCCCCCCCCCCCCCCCCCCCCCCCC)COP(=O)(O)OCCN. The average Bonchev–Trinajstić information content (AvgIpc) is 3.31. The Balaban J connectivity index is 3.98. The van der Waals surface area contributed by atoms with E-state index in [1.54, 1.807) is 0 Å². The van der Waals surface area contributed by atoms with E-state index in [0.29, 0.717) is 6.42 Å². The van der Waals surface area contributed by atoms with Gasteiger partial charge in [0.25, 0.3) is 0 Å². The molecule has 0 saturated heterocycles. The van der Waals surface area contributed by atoms with E-state index in [1.807, 2.05) is 0 Å². The Hall–Kier alpha value is -2.03. The zero-order chi connectivity index (χ0) is 48.1. The summed E-state index contributed by atoms with van der Waals surface area (Å²) in [5, 5.41) is 0. The van der Waals surface area contributed by atoms with Crippen molar-refractivity contribution in [1.29, 1.82) is 0 Å². The van der Waals surface area contributed by atoms with Gasteiger partial charge in [-0.3, -0.25) is 18.6 Å². The van der Waals surface area contributed by atoms with E-state index in [9.17, 15) is 19.0 Å². The van der Waals surface area contributed by atoms with Gasteiger partial charge in [0.2, 0.25) is 0 Å². The van der Waals surface area contributed by atoms with Gasteiger partial charge in [-0.1, -0.05) is 249 Å². The second-order valence-corrected chi connectivity index (χ2v) is 19.9. The fourth-order valence-corrected chi connectivity index (χ4v) is 8.69. The lowest BCUT2D eigenvalue weighted by Crippen LogP contribution is -2.29. The average molecular weight is 950 g/mol. The molecule has 0 aromatic heterocycles. The summed E-state index contributed by atoms with van der Waals surface area (Å²) in [6, 6.07) is 0. The number of nitrogens with two attached hydrogens (primary N) is 1. The van der Waals surface area contributed by atoms with E-state index in [2.05, 4.69) is 62.5 Å². The first-order valence-corrected chi connectivity index (χ1v) is 29.1. The highest BCUT2D eigenvalue weighted by Crippen LogP contribution is 2.43. The van der Waals surface area contributed by atoms with Gasteiger partial charge in [-0.25, -0.2) is 4.57 Å². The molecule has 0 aromatic rings. The largest absolute Gasteiger partial charge is 0.472 e. The predicted molar refractivity (Wildman–Crippen MR) is 280 cm³/mol. The zero-order valence-corrected chi connectivity index (χ0v) is 43.8. The van der Waals surface area contributed by atoms with Crippen LogP contribution in [-0.2, 0) is 32.7 Å². The third kappa shape index (κ3) is 51.4. The van der Waals surface area contributed by atoms with Crippen LogP contribution in [0.4, 0.5) is 0 Å². The molecule has 0 aromatic carbocycles. The Morgan fingerprint density at radius 3 is 1.24 bits per heavy atom. The molecule has 0 fully saturated rings. The topological polar surface area (TPSA) is 134 Å². The molecule has 0 radical (unpaired) electrons. The number of unbranched alkanes of at least 4 members (excludes halogenated alkanes) is 31. The van der Waals surface area contributed by atoms with Gasteiger partial charge in [-0.05, 0) is 51.4 Å². The van der Waals surface area contributed by atoms with E-state index >= 15 is 0 Å². The molecule has 66 heavy (non-hydrogen) atoms. The maximum Gasteiger partial charge on any atom is 0.472 e. The third-order valence-corrected chi connectivity index (χ3v) is 13.0. The number of esters is 2. The number of hydrogen-bond acceptors (Lipinski definition) is 8. The lowest BCUT2D eigenvalue weighted by molar-refractivity contribution is -0.161. The van der Waals surface area contributed by atoms with Gasteiger partial charge in [-0.15, -0.1) is 0 Å². The number of ether oxygens (including phenoxy) is 2. The van der Waals surface area contributed by atoms with E-state index < -0.39 is 26.5 Å². The van der Waals surface area contributed by atoms with Crippen molar-refractivity contribution >= 4 is 19.8 Å². The number of hydrogen-bond donors (Lipinski definition) is 2. The molecule has 386 valence electrons. The van der Waals surface area contributed by atoms with Crippen LogP contribution >= 0.6 is 7.82 Å². The minimum atomic E-state index is -4.39. The molecule has 0 aliphatic rings. The molecule has 2 atom stereocenters. The number of carbonyl (C=O) groups excluding carboxylic acids is 2. The van der Waals surface area contributed by atoms with Crippen LogP contribution in [0.3, 0.4) is 0 Å². The van der Waals surface area contributed by atoms with Crippen molar-refractivity contribution in [2.24, 2.45) is 5.73 Å². The summed E-state index contributed by atoms with van der Waals surface area (Å²) in [5.41, 5.74) is 5.38. The van der Waals surface area contributed by atoms with Crippen molar-refractivity contribution in [3.8, 4) is 0 Å². The normalized spacial score (nSPS) is 13.5. The number of phosphoric acid groups is 1. The van der Waals surface area contributed by atoms with Crippen molar-refractivity contribution in [1.82, 2.24) is 0 Å². The van der Waals surface area contributed by atoms with Crippen LogP contribution in [0, 0.1) is 0 Å². The van der Waals surface area contributed by atoms with Gasteiger partial charge in [0, 0.05) is 19.4 Å². The van der Waals surface area contributed by atoms with Crippen LogP contribution in [0.2, 0.25) is 0 Å². The first-order chi connectivity index (χ1) is 32.3. The van der Waals surface area contributed by atoms with Crippen LogP contribution in [0.1, 0.15) is 264 Å². The van der Waals surface area contributed by atoms with Crippen molar-refractivity contribution in [3.05, 3.63) is 48.6 Å². The van der Waals surface area contributed by atoms with Crippen molar-refractivity contribution < 1.29 is 37.6 Å². The van der Waals surface area contributed by atoms with Crippen LogP contribution in [0.25, 0.3) is 0 Å². The summed E-state index contributed by atoms with van der Waals surface area (Å²) in [5.74, 6) is -0.827. The molecule has 3 N–H and O–H groups in total. The Morgan fingerprint density at radius 2 is 0.833 bits per heavy atom. The molecule has 0 heterocycles. The van der Waals surface area contributed by atoms with Crippen LogP contribution in [0.15, 0.2) is 48.6 Å². The maximum absolute atomic E-state index is 12.7. The highest BCUT2D eigenvalue weighted by Gasteiger charge is 2.26. The third-order valence-electron chi connectivity index (χ3n) is 12.0. The monoisotopic (exact) mass is 950 g/mol. The van der Waals surface area contributed by atoms with E-state index in [4.69, 9.17) is 24.3 Å². The van der Waals surface area contributed by atoms with Gasteiger partial charge in [-0.2, -0.15) is 0 Å². The Bertz CT molecular complexity index is 1220. The van der Waals surface area contributed by atoms with Gasteiger partial charge in [0.15, 0.2) is 6.10 Å². The molecule has 0 saturated carbocycles. The second kappa shape index (κ2) is 52.3. The summed E-state index contributed by atoms with van der Waals surface area (Å²) in [6.07, 6.45) is 63.0. The van der Waals surface area contributed by atoms with Gasteiger partial charge in [0.05, 0.1) is 13.2 Å². The van der Waals surface area contributed by atoms with Gasteiger partial charge < -0.3 is 20.1 Å². The summed E-state index contributed by atoms with van der Waals surface area (Å²) in [4.78, 5) is 35.1. The summed E-state index contributed by atoms with van der Waals surface area (Å²) in [7, 11) is -4.39. The number of phosphoric ester groups is 1. The molecule has 0 spiro atoms. The molecule has 0 aliphatic carbocycles. The second-order valence-electron chi connectivity index (χ2n) is 18.4. The highest BCUT2D eigenvalue weighted by molar-refractivity contribution is 7.47. The first kappa shape index (κ1) is 64.0. The molecular weight excluding hydrogens is 846 g/mol. The lowest BCUT2D eigenvalue weighted by Gasteiger charge is -2.19. The maximum atomic E-state index is 12.7. The molecule has 9 nitrogen and oxygen atoms in total.